The third-order valence-corrected chi connectivity index (χ3v) is 6.02. The minimum absolute atomic E-state index is 0.0924. The molecule has 1 atom stereocenters. The molecule has 34 heavy (non-hydrogen) atoms. The van der Waals surface area contributed by atoms with Crippen molar-refractivity contribution in [2.75, 3.05) is 49.5 Å². The maximum atomic E-state index is 13.1. The summed E-state index contributed by atoms with van der Waals surface area (Å²) in [7, 11) is 0. The topological polar surface area (TPSA) is 156 Å². The summed E-state index contributed by atoms with van der Waals surface area (Å²) < 4.78 is 6.03. The lowest BCUT2D eigenvalue weighted by molar-refractivity contribution is -0.119. The van der Waals surface area contributed by atoms with Crippen molar-refractivity contribution in [3.8, 4) is 5.75 Å². The highest BCUT2D eigenvalue weighted by Crippen LogP contribution is 2.42. The van der Waals surface area contributed by atoms with Gasteiger partial charge < -0.3 is 36.5 Å². The number of primary amides is 1. The van der Waals surface area contributed by atoms with E-state index in [4.69, 9.17) is 15.9 Å². The van der Waals surface area contributed by atoms with E-state index in [2.05, 4.69) is 20.5 Å². The van der Waals surface area contributed by atoms with E-state index >= 15 is 0 Å². The van der Waals surface area contributed by atoms with Gasteiger partial charge in [-0.15, -0.1) is 0 Å². The molecule has 6 N–H and O–H groups in total. The lowest BCUT2D eigenvalue weighted by Crippen LogP contribution is -2.49. The molecule has 1 aromatic carbocycles. The number of aliphatic hydroxyl groups is 1. The van der Waals surface area contributed by atoms with E-state index in [0.29, 0.717) is 44.0 Å². The first-order valence-electron chi connectivity index (χ1n) is 11.1. The number of nitrogens with two attached hydrogens (primary N) is 1. The molecule has 11 nitrogen and oxygen atoms in total. The minimum Gasteiger partial charge on any atom is -0.484 e. The zero-order valence-corrected chi connectivity index (χ0v) is 19.0. The number of benzene rings is 1. The number of allylic oxidation sites excluding steroid dienone is 1. The maximum absolute atomic E-state index is 13.1. The number of rotatable bonds is 7. The van der Waals surface area contributed by atoms with Crippen LogP contribution in [0, 0.1) is 5.41 Å². The molecule has 4 rings (SSSR count). The fourth-order valence-electron chi connectivity index (χ4n) is 4.27. The van der Waals surface area contributed by atoms with Crippen LogP contribution in [0.25, 0.3) is 0 Å². The molecular formula is C23H29N7O4. The number of hydrogen-bond donors (Lipinski definition) is 5. The molecule has 0 bridgehead atoms. The summed E-state index contributed by atoms with van der Waals surface area (Å²) in [6.07, 6.45) is 6.34. The normalized spacial score (nSPS) is 23.1. The summed E-state index contributed by atoms with van der Waals surface area (Å²) in [5.41, 5.74) is 6.92. The van der Waals surface area contributed by atoms with E-state index in [1.807, 2.05) is 24.0 Å². The van der Waals surface area contributed by atoms with Crippen LogP contribution in [0.5, 0.6) is 5.75 Å². The molecule has 3 heterocycles. The second kappa shape index (κ2) is 9.65. The first-order valence-corrected chi connectivity index (χ1v) is 11.1. The van der Waals surface area contributed by atoms with Crippen molar-refractivity contribution in [3.05, 3.63) is 41.4 Å². The van der Waals surface area contributed by atoms with Crippen LogP contribution in [-0.2, 0) is 16.0 Å². The van der Waals surface area contributed by atoms with Gasteiger partial charge in [-0.05, 0) is 19.1 Å². The van der Waals surface area contributed by atoms with E-state index in [-0.39, 0.29) is 30.5 Å². The molecule has 180 valence electrons. The van der Waals surface area contributed by atoms with Gasteiger partial charge >= 0.3 is 0 Å². The molecule has 0 spiro atoms. The van der Waals surface area contributed by atoms with Gasteiger partial charge in [0.05, 0.1) is 30.1 Å². The number of piperazine rings is 1. The van der Waals surface area contributed by atoms with Gasteiger partial charge in [0.2, 0.25) is 5.91 Å². The Morgan fingerprint density at radius 2 is 2.12 bits per heavy atom. The van der Waals surface area contributed by atoms with Crippen molar-refractivity contribution in [1.29, 1.82) is 5.41 Å². The molecule has 1 saturated heterocycles. The number of amides is 2. The Hall–Kier alpha value is -3.70. The maximum Gasteiger partial charge on any atom is 0.261 e. The SMILES string of the molecule is C[C@]1(CO)Cc2cc(NC(=O)/C(C=N)=C3\N=CC=CN3)c(N3CCN(CC(N)=O)CC3)cc2O1. The number of anilines is 2. The molecular weight excluding hydrogens is 438 g/mol. The van der Waals surface area contributed by atoms with Crippen LogP contribution in [0.4, 0.5) is 11.4 Å². The number of fused-ring (bicyclic) bond motifs is 1. The Labute approximate surface area is 197 Å². The second-order valence-corrected chi connectivity index (χ2v) is 8.74. The molecule has 0 aromatic heterocycles. The molecule has 0 saturated carbocycles. The zero-order valence-electron chi connectivity index (χ0n) is 19.0. The zero-order chi connectivity index (χ0) is 24.3. The summed E-state index contributed by atoms with van der Waals surface area (Å²) in [6, 6.07) is 3.75. The van der Waals surface area contributed by atoms with Crippen LogP contribution in [0.15, 0.2) is 40.8 Å². The molecule has 11 heteroatoms. The van der Waals surface area contributed by atoms with Crippen LogP contribution >= 0.6 is 0 Å². The Morgan fingerprint density at radius 1 is 1.35 bits per heavy atom. The van der Waals surface area contributed by atoms with Crippen LogP contribution in [0.3, 0.4) is 0 Å². The second-order valence-electron chi connectivity index (χ2n) is 8.74. The highest BCUT2D eigenvalue weighted by Gasteiger charge is 2.36. The van der Waals surface area contributed by atoms with Crippen molar-refractivity contribution in [2.45, 2.75) is 18.9 Å². The number of hydrogen-bond acceptors (Lipinski definition) is 9. The van der Waals surface area contributed by atoms with Crippen molar-refractivity contribution in [3.63, 3.8) is 0 Å². The first-order chi connectivity index (χ1) is 16.3. The smallest absolute Gasteiger partial charge is 0.261 e. The predicted molar refractivity (Wildman–Crippen MR) is 129 cm³/mol. The lowest BCUT2D eigenvalue weighted by Gasteiger charge is -2.36. The lowest BCUT2D eigenvalue weighted by atomic mass is 9.99. The fraction of sp³-hybridized carbons (Fsp3) is 0.391. The van der Waals surface area contributed by atoms with Crippen LogP contribution in [0.1, 0.15) is 12.5 Å². The summed E-state index contributed by atoms with van der Waals surface area (Å²) in [5, 5.41) is 23.3. The van der Waals surface area contributed by atoms with Gasteiger partial charge in [0, 0.05) is 62.9 Å². The Bertz CT molecular complexity index is 1090. The van der Waals surface area contributed by atoms with E-state index in [1.165, 1.54) is 0 Å². The quantitative estimate of drug-likeness (QED) is 0.278. The molecule has 1 aromatic rings. The summed E-state index contributed by atoms with van der Waals surface area (Å²) in [5.74, 6) is 0.117. The standard InChI is InChI=1S/C23H29N7O4/c1-23(14-31)11-15-9-17(28-22(33)16(12-24)21-26-3-2-4-27-21)18(10-19(15)34-23)30-7-5-29(6-8-30)13-20(25)32/h2-4,9-10,12,24,26,31H,5-8,11,13-14H2,1H3,(H2,25,32)(H,28,33)/b21-16-,24-12?/t23-/m1/s1. The number of aliphatic hydroxyl groups excluding tert-OH is 1. The van der Waals surface area contributed by atoms with Gasteiger partial charge in [0.1, 0.15) is 17.2 Å². The number of ether oxygens (including phenoxy) is 1. The van der Waals surface area contributed by atoms with E-state index < -0.39 is 11.5 Å². The van der Waals surface area contributed by atoms with Gasteiger partial charge in [0.25, 0.3) is 5.91 Å². The predicted octanol–water partition coefficient (Wildman–Crippen LogP) is -0.0328. The van der Waals surface area contributed by atoms with Crippen molar-refractivity contribution >= 4 is 35.6 Å². The third kappa shape index (κ3) is 4.95. The number of aliphatic imine (C=N–C) groups is 1. The summed E-state index contributed by atoms with van der Waals surface area (Å²) in [6.45, 7) is 4.45. The van der Waals surface area contributed by atoms with Crippen molar-refractivity contribution < 1.29 is 19.4 Å². The van der Waals surface area contributed by atoms with E-state index in [1.54, 1.807) is 18.5 Å². The van der Waals surface area contributed by atoms with Gasteiger partial charge in [-0.3, -0.25) is 14.5 Å². The molecule has 3 aliphatic rings. The summed E-state index contributed by atoms with van der Waals surface area (Å²) >= 11 is 0. The average molecular weight is 468 g/mol. The number of carbonyl (C=O) groups excluding carboxylic acids is 2. The Balaban J connectivity index is 1.63. The van der Waals surface area contributed by atoms with E-state index in [0.717, 1.165) is 17.5 Å². The highest BCUT2D eigenvalue weighted by molar-refractivity contribution is 6.18. The van der Waals surface area contributed by atoms with Crippen LogP contribution in [-0.4, -0.2) is 79.2 Å². The third-order valence-electron chi connectivity index (χ3n) is 6.02. The summed E-state index contributed by atoms with van der Waals surface area (Å²) in [4.78, 5) is 32.6. The minimum atomic E-state index is -0.725. The molecule has 3 aliphatic heterocycles. The molecule has 0 unspecified atom stereocenters. The van der Waals surface area contributed by atoms with Gasteiger partial charge in [-0.25, -0.2) is 4.99 Å². The molecule has 2 amide bonds. The number of carbonyl (C=O) groups is 2. The fourth-order valence-corrected chi connectivity index (χ4v) is 4.27. The monoisotopic (exact) mass is 467 g/mol. The Morgan fingerprint density at radius 3 is 2.74 bits per heavy atom. The van der Waals surface area contributed by atoms with Crippen LogP contribution < -0.4 is 26.0 Å². The first kappa shape index (κ1) is 23.5. The molecule has 0 aliphatic carbocycles. The van der Waals surface area contributed by atoms with Crippen molar-refractivity contribution in [2.24, 2.45) is 10.7 Å². The molecule has 1 fully saturated rings. The van der Waals surface area contributed by atoms with Gasteiger partial charge in [0.15, 0.2) is 0 Å². The largest absolute Gasteiger partial charge is 0.484 e. The van der Waals surface area contributed by atoms with Gasteiger partial charge in [-0.2, -0.15) is 0 Å². The van der Waals surface area contributed by atoms with E-state index in [9.17, 15) is 14.7 Å². The Kier molecular flexibility index (Phi) is 6.66. The highest BCUT2D eigenvalue weighted by atomic mass is 16.5. The van der Waals surface area contributed by atoms with Gasteiger partial charge in [-0.1, -0.05) is 0 Å². The average Bonchev–Trinajstić information content (AvgIpc) is 3.16. The molecule has 0 radical (unpaired) electrons. The number of nitrogens with zero attached hydrogens (tertiary/aromatic N) is 3. The number of nitrogens with one attached hydrogen (secondary N) is 3. The van der Waals surface area contributed by atoms with Crippen molar-refractivity contribution in [1.82, 2.24) is 10.2 Å². The van der Waals surface area contributed by atoms with Crippen LogP contribution in [0.2, 0.25) is 0 Å².